The number of alkyl halides is 1. The third-order valence-electron chi connectivity index (χ3n) is 4.67. The van der Waals surface area contributed by atoms with Crippen molar-refractivity contribution >= 4 is 34.8 Å². The summed E-state index contributed by atoms with van der Waals surface area (Å²) >= 11 is 7.55. The van der Waals surface area contributed by atoms with Crippen LogP contribution in [0.2, 0.25) is 0 Å². The highest BCUT2D eigenvalue weighted by atomic mass is 35.5. The molecular formula is C22H28ClFN2O2S. The zero-order valence-electron chi connectivity index (χ0n) is 17.3. The van der Waals surface area contributed by atoms with E-state index in [0.717, 1.165) is 10.4 Å². The lowest BCUT2D eigenvalue weighted by Gasteiger charge is -2.35. The number of hydrogen-bond acceptors (Lipinski definition) is 3. The minimum Gasteiger partial charge on any atom is -0.332 e. The molecule has 0 unspecified atom stereocenters. The van der Waals surface area contributed by atoms with Crippen LogP contribution >= 0.6 is 22.9 Å². The fraction of sp³-hybridized carbons (Fsp3) is 0.455. The molecule has 0 fully saturated rings. The molecule has 29 heavy (non-hydrogen) atoms. The molecule has 2 rings (SSSR count). The molecule has 1 aromatic carbocycles. The molecule has 0 aliphatic heterocycles. The van der Waals surface area contributed by atoms with Crippen molar-refractivity contribution in [3.05, 3.63) is 58.0 Å². The van der Waals surface area contributed by atoms with Crippen LogP contribution in [0.5, 0.6) is 0 Å². The van der Waals surface area contributed by atoms with Gasteiger partial charge in [0.1, 0.15) is 12.4 Å². The first-order valence-electron chi connectivity index (χ1n) is 9.55. The highest BCUT2D eigenvalue weighted by molar-refractivity contribution is 7.09. The monoisotopic (exact) mass is 438 g/mol. The minimum atomic E-state index is -0.748. The Morgan fingerprint density at radius 3 is 2.31 bits per heavy atom. The second kappa shape index (κ2) is 10.2. The van der Waals surface area contributed by atoms with Gasteiger partial charge in [-0.05, 0) is 56.8 Å². The number of thiophene rings is 1. The maximum Gasteiger partial charge on any atom is 0.242 e. The van der Waals surface area contributed by atoms with Gasteiger partial charge in [0.2, 0.25) is 11.8 Å². The van der Waals surface area contributed by atoms with E-state index in [2.05, 4.69) is 0 Å². The van der Waals surface area contributed by atoms with Crippen molar-refractivity contribution in [2.24, 2.45) is 5.41 Å². The molecule has 0 saturated carbocycles. The Kier molecular flexibility index (Phi) is 8.23. The lowest BCUT2D eigenvalue weighted by molar-refractivity contribution is -0.147. The minimum absolute atomic E-state index is 0.0244. The number of nitrogens with zero attached hydrogens (tertiary/aromatic N) is 2. The van der Waals surface area contributed by atoms with E-state index >= 15 is 0 Å². The number of rotatable bonds is 9. The number of amides is 2. The third kappa shape index (κ3) is 6.54. The summed E-state index contributed by atoms with van der Waals surface area (Å²) in [5, 5.41) is 1.96. The zero-order valence-corrected chi connectivity index (χ0v) is 18.9. The van der Waals surface area contributed by atoms with Crippen LogP contribution in [-0.2, 0) is 22.7 Å². The Bertz CT molecular complexity index is 807. The van der Waals surface area contributed by atoms with Crippen molar-refractivity contribution in [2.45, 2.75) is 46.8 Å². The summed E-state index contributed by atoms with van der Waals surface area (Å²) in [4.78, 5) is 30.5. The van der Waals surface area contributed by atoms with Crippen molar-refractivity contribution in [3.8, 4) is 0 Å². The molecule has 158 valence electrons. The molecule has 7 heteroatoms. The van der Waals surface area contributed by atoms with Crippen LogP contribution in [0.25, 0.3) is 0 Å². The lowest BCUT2D eigenvalue weighted by atomic mass is 9.93. The van der Waals surface area contributed by atoms with E-state index in [1.807, 2.05) is 31.4 Å². The van der Waals surface area contributed by atoms with Crippen LogP contribution in [0.4, 0.5) is 4.39 Å². The van der Waals surface area contributed by atoms with Gasteiger partial charge < -0.3 is 9.80 Å². The molecule has 1 heterocycles. The van der Waals surface area contributed by atoms with Crippen molar-refractivity contribution in [2.75, 3.05) is 12.4 Å². The number of carbonyl (C=O) groups is 2. The zero-order chi connectivity index (χ0) is 21.6. The van der Waals surface area contributed by atoms with Crippen LogP contribution in [0.3, 0.4) is 0 Å². The van der Waals surface area contributed by atoms with Gasteiger partial charge in [-0.2, -0.15) is 0 Å². The first kappa shape index (κ1) is 23.4. The quantitative estimate of drug-likeness (QED) is 0.521. The van der Waals surface area contributed by atoms with Gasteiger partial charge in [-0.25, -0.2) is 4.39 Å². The van der Waals surface area contributed by atoms with E-state index in [1.54, 1.807) is 47.1 Å². The summed E-state index contributed by atoms with van der Waals surface area (Å²) in [7, 11) is 0. The number of halogens is 2. The van der Waals surface area contributed by atoms with Gasteiger partial charge in [0.25, 0.3) is 0 Å². The molecular weight excluding hydrogens is 411 g/mol. The number of benzene rings is 1. The van der Waals surface area contributed by atoms with E-state index in [4.69, 9.17) is 11.6 Å². The summed E-state index contributed by atoms with van der Waals surface area (Å²) in [5.74, 6) is -0.439. The standard InChI is InChI=1S/C22H28ClFN2O2S/c1-16(2)26(21(28)22(3,4)15-23)14-20(27)25(13-19-6-5-11-29-19)12-17-7-9-18(24)10-8-17/h5-11,16H,12-15H2,1-4H3. The lowest BCUT2D eigenvalue weighted by Crippen LogP contribution is -2.50. The Labute approximate surface area is 181 Å². The average Bonchev–Trinajstić information content (AvgIpc) is 3.19. The van der Waals surface area contributed by atoms with Gasteiger partial charge in [-0.1, -0.05) is 18.2 Å². The third-order valence-corrected chi connectivity index (χ3v) is 6.20. The topological polar surface area (TPSA) is 40.6 Å². The molecule has 2 aromatic rings. The van der Waals surface area contributed by atoms with E-state index < -0.39 is 5.41 Å². The highest BCUT2D eigenvalue weighted by Crippen LogP contribution is 2.23. The first-order chi connectivity index (χ1) is 13.6. The Morgan fingerprint density at radius 1 is 1.14 bits per heavy atom. The molecule has 0 spiro atoms. The van der Waals surface area contributed by atoms with Crippen molar-refractivity contribution in [1.82, 2.24) is 9.80 Å². The van der Waals surface area contributed by atoms with Gasteiger partial charge in [0.05, 0.1) is 12.0 Å². The van der Waals surface area contributed by atoms with Crippen LogP contribution in [-0.4, -0.2) is 40.1 Å². The summed E-state index contributed by atoms with van der Waals surface area (Å²) in [6.45, 7) is 8.10. The van der Waals surface area contributed by atoms with E-state index in [0.29, 0.717) is 13.1 Å². The van der Waals surface area contributed by atoms with E-state index in [1.165, 1.54) is 12.1 Å². The van der Waals surface area contributed by atoms with Crippen LogP contribution < -0.4 is 0 Å². The van der Waals surface area contributed by atoms with Crippen molar-refractivity contribution in [1.29, 1.82) is 0 Å². The SMILES string of the molecule is CC(C)N(CC(=O)N(Cc1ccc(F)cc1)Cc1cccs1)C(=O)C(C)(C)CCl. The average molecular weight is 439 g/mol. The van der Waals surface area contributed by atoms with E-state index in [-0.39, 0.29) is 36.1 Å². The Morgan fingerprint density at radius 2 is 1.79 bits per heavy atom. The van der Waals surface area contributed by atoms with Crippen LogP contribution in [0.15, 0.2) is 41.8 Å². The highest BCUT2D eigenvalue weighted by Gasteiger charge is 2.34. The molecule has 1 aromatic heterocycles. The molecule has 0 radical (unpaired) electrons. The fourth-order valence-electron chi connectivity index (χ4n) is 2.81. The van der Waals surface area contributed by atoms with Crippen molar-refractivity contribution in [3.63, 3.8) is 0 Å². The first-order valence-corrected chi connectivity index (χ1v) is 11.0. The van der Waals surface area contributed by atoms with Gasteiger partial charge in [-0.3, -0.25) is 9.59 Å². The largest absolute Gasteiger partial charge is 0.332 e. The fourth-order valence-corrected chi connectivity index (χ4v) is 3.65. The smallest absolute Gasteiger partial charge is 0.242 e. The summed E-state index contributed by atoms with van der Waals surface area (Å²) in [5.41, 5.74) is 0.0848. The number of hydrogen-bond donors (Lipinski definition) is 0. The normalized spacial score (nSPS) is 11.6. The number of carbonyl (C=O) groups excluding carboxylic acids is 2. The Balaban J connectivity index is 2.22. The van der Waals surface area contributed by atoms with Crippen LogP contribution in [0, 0.1) is 11.2 Å². The molecule has 4 nitrogen and oxygen atoms in total. The van der Waals surface area contributed by atoms with Crippen molar-refractivity contribution < 1.29 is 14.0 Å². The van der Waals surface area contributed by atoms with Gasteiger partial charge >= 0.3 is 0 Å². The summed E-state index contributed by atoms with van der Waals surface area (Å²) in [6, 6.07) is 9.89. The molecule has 0 atom stereocenters. The molecule has 0 bridgehead atoms. The second-order valence-corrected chi connectivity index (χ2v) is 9.30. The predicted octanol–water partition coefficient (Wildman–Crippen LogP) is 4.92. The van der Waals surface area contributed by atoms with Gasteiger partial charge in [-0.15, -0.1) is 22.9 Å². The summed E-state index contributed by atoms with van der Waals surface area (Å²) in [6.07, 6.45) is 0. The Hall–Kier alpha value is -1.92. The van der Waals surface area contributed by atoms with Crippen LogP contribution in [0.1, 0.15) is 38.1 Å². The maximum absolute atomic E-state index is 13.2. The molecule has 0 aliphatic carbocycles. The molecule has 2 amide bonds. The second-order valence-electron chi connectivity index (χ2n) is 8.00. The molecule has 0 N–H and O–H groups in total. The summed E-state index contributed by atoms with van der Waals surface area (Å²) < 4.78 is 13.2. The molecule has 0 saturated heterocycles. The maximum atomic E-state index is 13.2. The molecule has 0 aliphatic rings. The predicted molar refractivity (Wildman–Crippen MR) is 116 cm³/mol. The van der Waals surface area contributed by atoms with Gasteiger partial charge in [0, 0.05) is 23.3 Å². The van der Waals surface area contributed by atoms with E-state index in [9.17, 15) is 14.0 Å². The van der Waals surface area contributed by atoms with Gasteiger partial charge in [0.15, 0.2) is 0 Å².